The Hall–Kier alpha value is -1.63. The lowest BCUT2D eigenvalue weighted by atomic mass is 9.85. The second-order valence-corrected chi connectivity index (χ2v) is 4.59. The third kappa shape index (κ3) is 1.76. The molecular weight excluding hydrogens is 230 g/mol. The first-order valence-electron chi connectivity index (χ1n) is 5.35. The van der Waals surface area contributed by atoms with E-state index in [0.717, 1.165) is 0 Å². The van der Waals surface area contributed by atoms with E-state index in [1.165, 1.54) is 0 Å². The van der Waals surface area contributed by atoms with E-state index in [-0.39, 0.29) is 13.0 Å². The highest BCUT2D eigenvalue weighted by Crippen LogP contribution is 2.46. The Morgan fingerprint density at radius 1 is 0.941 bits per heavy atom. The van der Waals surface area contributed by atoms with Gasteiger partial charge in [-0.05, 0) is 18.9 Å². The van der Waals surface area contributed by atoms with Crippen LogP contribution < -0.4 is 5.32 Å². The van der Waals surface area contributed by atoms with E-state index >= 15 is 0 Å². The summed E-state index contributed by atoms with van der Waals surface area (Å²) in [6, 6.07) is -0.953. The zero-order valence-electron chi connectivity index (χ0n) is 8.87. The van der Waals surface area contributed by atoms with Gasteiger partial charge >= 0.3 is 17.9 Å². The van der Waals surface area contributed by atoms with Crippen LogP contribution in [0.5, 0.6) is 0 Å². The second kappa shape index (κ2) is 3.99. The van der Waals surface area contributed by atoms with Gasteiger partial charge in [0.2, 0.25) is 0 Å². The molecule has 1 aliphatic heterocycles. The summed E-state index contributed by atoms with van der Waals surface area (Å²) in [5.41, 5.74) is 0. The lowest BCUT2D eigenvalue weighted by Crippen LogP contribution is -2.39. The van der Waals surface area contributed by atoms with Crippen LogP contribution in [0.4, 0.5) is 0 Å². The summed E-state index contributed by atoms with van der Waals surface area (Å²) < 4.78 is 0. The van der Waals surface area contributed by atoms with Gasteiger partial charge in [0.1, 0.15) is 6.04 Å². The van der Waals surface area contributed by atoms with Gasteiger partial charge in [-0.15, -0.1) is 0 Å². The Kier molecular flexibility index (Phi) is 2.78. The Morgan fingerprint density at radius 3 is 2.00 bits per heavy atom. The lowest BCUT2D eigenvalue weighted by Gasteiger charge is -2.18. The van der Waals surface area contributed by atoms with Gasteiger partial charge in [-0.2, -0.15) is 0 Å². The Morgan fingerprint density at radius 2 is 1.53 bits per heavy atom. The predicted octanol–water partition coefficient (Wildman–Crippen LogP) is -0.919. The zero-order valence-corrected chi connectivity index (χ0v) is 8.87. The smallest absolute Gasteiger partial charge is 0.321 e. The van der Waals surface area contributed by atoms with Gasteiger partial charge < -0.3 is 20.6 Å². The summed E-state index contributed by atoms with van der Waals surface area (Å²) in [5, 5.41) is 29.7. The van der Waals surface area contributed by atoms with E-state index in [2.05, 4.69) is 5.32 Å². The molecule has 0 radical (unpaired) electrons. The van der Waals surface area contributed by atoms with Crippen molar-refractivity contribution >= 4 is 17.9 Å². The number of fused-ring (bicyclic) bond motifs is 1. The summed E-state index contributed by atoms with van der Waals surface area (Å²) in [5.74, 6) is -5.97. The summed E-state index contributed by atoms with van der Waals surface area (Å²) in [6.45, 7) is 0.252. The van der Waals surface area contributed by atoms with E-state index in [4.69, 9.17) is 15.3 Å². The third-order valence-corrected chi connectivity index (χ3v) is 3.84. The van der Waals surface area contributed by atoms with Crippen molar-refractivity contribution in [3.8, 4) is 0 Å². The van der Waals surface area contributed by atoms with Gasteiger partial charge in [-0.1, -0.05) is 0 Å². The summed E-state index contributed by atoms with van der Waals surface area (Å²) in [4.78, 5) is 33.1. The highest BCUT2D eigenvalue weighted by molar-refractivity contribution is 5.80. The number of carbonyl (C=O) groups is 3. The van der Waals surface area contributed by atoms with Crippen LogP contribution in [-0.4, -0.2) is 45.8 Å². The molecule has 2 rings (SSSR count). The first-order valence-corrected chi connectivity index (χ1v) is 5.35. The molecule has 1 aliphatic carbocycles. The summed E-state index contributed by atoms with van der Waals surface area (Å²) >= 11 is 0. The average molecular weight is 243 g/mol. The average Bonchev–Trinajstić information content (AvgIpc) is 2.73. The molecule has 0 unspecified atom stereocenters. The van der Waals surface area contributed by atoms with Crippen LogP contribution in [0, 0.1) is 23.7 Å². The molecule has 2 aliphatic rings. The molecule has 1 heterocycles. The number of carboxylic acid groups (broad SMARTS) is 3. The first kappa shape index (κ1) is 11.8. The van der Waals surface area contributed by atoms with Gasteiger partial charge in [-0.3, -0.25) is 14.4 Å². The second-order valence-electron chi connectivity index (χ2n) is 4.59. The fourth-order valence-electron chi connectivity index (χ4n) is 3.13. The molecule has 0 aromatic heterocycles. The third-order valence-electron chi connectivity index (χ3n) is 3.84. The van der Waals surface area contributed by atoms with Gasteiger partial charge in [0.25, 0.3) is 0 Å². The van der Waals surface area contributed by atoms with Crippen LogP contribution in [-0.2, 0) is 14.4 Å². The van der Waals surface area contributed by atoms with Crippen molar-refractivity contribution in [3.05, 3.63) is 0 Å². The van der Waals surface area contributed by atoms with Crippen LogP contribution in [0.3, 0.4) is 0 Å². The zero-order chi connectivity index (χ0) is 12.7. The molecule has 1 saturated heterocycles. The largest absolute Gasteiger partial charge is 0.481 e. The van der Waals surface area contributed by atoms with Crippen molar-refractivity contribution in [3.63, 3.8) is 0 Å². The highest BCUT2D eigenvalue weighted by atomic mass is 16.4. The number of hydrogen-bond donors (Lipinski definition) is 4. The number of rotatable bonds is 3. The monoisotopic (exact) mass is 243 g/mol. The molecular formula is C10H13NO6. The molecule has 94 valence electrons. The van der Waals surface area contributed by atoms with E-state index in [1.54, 1.807) is 0 Å². The Labute approximate surface area is 96.4 Å². The van der Waals surface area contributed by atoms with Crippen LogP contribution in [0.25, 0.3) is 0 Å². The maximum Gasteiger partial charge on any atom is 0.321 e. The maximum absolute atomic E-state index is 11.1. The van der Waals surface area contributed by atoms with E-state index in [9.17, 15) is 14.4 Å². The van der Waals surface area contributed by atoms with Crippen molar-refractivity contribution in [2.75, 3.05) is 6.54 Å². The molecule has 2 fully saturated rings. The van der Waals surface area contributed by atoms with Gasteiger partial charge in [0.15, 0.2) is 0 Å². The summed E-state index contributed by atoms with van der Waals surface area (Å²) in [6.07, 6.45) is 0.0193. The van der Waals surface area contributed by atoms with Gasteiger partial charge in [-0.25, -0.2) is 0 Å². The first-order chi connectivity index (χ1) is 7.93. The minimum Gasteiger partial charge on any atom is -0.481 e. The number of nitrogens with one attached hydrogen (secondary N) is 1. The molecule has 7 heteroatoms. The van der Waals surface area contributed by atoms with Gasteiger partial charge in [0, 0.05) is 5.92 Å². The molecule has 0 bridgehead atoms. The van der Waals surface area contributed by atoms with Gasteiger partial charge in [0.05, 0.1) is 11.8 Å². The van der Waals surface area contributed by atoms with E-state index in [0.29, 0.717) is 0 Å². The van der Waals surface area contributed by atoms with E-state index in [1.807, 2.05) is 0 Å². The molecule has 0 amide bonds. The maximum atomic E-state index is 11.1. The van der Waals surface area contributed by atoms with Crippen molar-refractivity contribution < 1.29 is 29.7 Å². The molecule has 5 atom stereocenters. The molecule has 7 nitrogen and oxygen atoms in total. The SMILES string of the molecule is O=C(O)[C@H]1C[C@@H](C(=O)O)[C@H]2CN[C@H](C(=O)O)[C@H]21. The molecule has 1 saturated carbocycles. The quantitative estimate of drug-likeness (QED) is 0.505. The van der Waals surface area contributed by atoms with Crippen molar-refractivity contribution in [2.45, 2.75) is 12.5 Å². The molecule has 0 spiro atoms. The Bertz CT molecular complexity index is 369. The number of aliphatic carboxylic acids is 3. The van der Waals surface area contributed by atoms with Crippen molar-refractivity contribution in [1.82, 2.24) is 5.32 Å². The molecule has 0 aromatic rings. The predicted molar refractivity (Wildman–Crippen MR) is 53.3 cm³/mol. The lowest BCUT2D eigenvalue weighted by molar-refractivity contribution is -0.145. The normalized spacial score (nSPS) is 39.9. The number of hydrogen-bond acceptors (Lipinski definition) is 4. The number of carboxylic acids is 3. The van der Waals surface area contributed by atoms with Crippen LogP contribution >= 0.6 is 0 Å². The van der Waals surface area contributed by atoms with Crippen LogP contribution in [0.2, 0.25) is 0 Å². The summed E-state index contributed by atoms with van der Waals surface area (Å²) in [7, 11) is 0. The van der Waals surface area contributed by atoms with Crippen molar-refractivity contribution in [1.29, 1.82) is 0 Å². The topological polar surface area (TPSA) is 124 Å². The highest BCUT2D eigenvalue weighted by Gasteiger charge is 2.57. The fraction of sp³-hybridized carbons (Fsp3) is 0.700. The van der Waals surface area contributed by atoms with Crippen molar-refractivity contribution in [2.24, 2.45) is 23.7 Å². The van der Waals surface area contributed by atoms with Crippen LogP contribution in [0.1, 0.15) is 6.42 Å². The molecule has 0 aromatic carbocycles. The van der Waals surface area contributed by atoms with Crippen LogP contribution in [0.15, 0.2) is 0 Å². The minimum absolute atomic E-state index is 0.0193. The fourth-order valence-corrected chi connectivity index (χ4v) is 3.13. The molecule has 4 N–H and O–H groups in total. The van der Waals surface area contributed by atoms with E-state index < -0.39 is 47.6 Å². The minimum atomic E-state index is -1.12. The standard InChI is InChI=1S/C10H13NO6/c12-8(13)3-1-4(9(14)15)6-5(3)2-11-7(6)10(16)17/h3-7,11H,1-2H2,(H,12,13)(H,14,15)(H,16,17)/t3-,4+,5-,6+,7+/m1/s1. The Balaban J connectivity index is 2.29. The molecule has 17 heavy (non-hydrogen) atoms.